The van der Waals surface area contributed by atoms with Crippen LogP contribution in [-0.2, 0) is 11.3 Å². The molecular formula is C23H26N4O. The third kappa shape index (κ3) is 3.98. The molecule has 1 N–H and O–H groups in total. The summed E-state index contributed by atoms with van der Waals surface area (Å²) >= 11 is 0. The van der Waals surface area contributed by atoms with Crippen molar-refractivity contribution in [3.8, 4) is 11.1 Å². The van der Waals surface area contributed by atoms with Gasteiger partial charge >= 0.3 is 0 Å². The second-order valence-electron chi connectivity index (χ2n) is 7.60. The van der Waals surface area contributed by atoms with E-state index < -0.39 is 0 Å². The lowest BCUT2D eigenvalue weighted by molar-refractivity contribution is -0.122. The number of rotatable bonds is 7. The zero-order valence-electron chi connectivity index (χ0n) is 16.4. The largest absolute Gasteiger partial charge is 0.354 e. The molecule has 1 aromatic carbocycles. The number of amides is 1. The summed E-state index contributed by atoms with van der Waals surface area (Å²) in [5, 5.41) is 7.68. The fraction of sp³-hybridized carbons (Fsp3) is 0.348. The van der Waals surface area contributed by atoms with Crippen LogP contribution in [0.15, 0.2) is 55.0 Å². The molecule has 0 spiro atoms. The first-order valence-electron chi connectivity index (χ1n) is 9.94. The third-order valence-corrected chi connectivity index (χ3v) is 5.43. The molecule has 1 fully saturated rings. The molecule has 2 aromatic heterocycles. The van der Waals surface area contributed by atoms with Gasteiger partial charge in [-0.05, 0) is 49.9 Å². The molecule has 2 heterocycles. The number of aryl methyl sites for hydroxylation is 1. The predicted octanol–water partition coefficient (Wildman–Crippen LogP) is 4.05. The quantitative estimate of drug-likeness (QED) is 0.679. The summed E-state index contributed by atoms with van der Waals surface area (Å²) in [6, 6.07) is 12.2. The number of carbonyl (C=O) groups excluding carboxylic acids is 1. The van der Waals surface area contributed by atoms with Gasteiger partial charge in [0, 0.05) is 36.1 Å². The third-order valence-electron chi connectivity index (χ3n) is 5.43. The average molecular weight is 374 g/mol. The molecule has 1 aliphatic rings. The van der Waals surface area contributed by atoms with Gasteiger partial charge in [-0.25, -0.2) is 0 Å². The normalized spacial score (nSPS) is 14.6. The maximum atomic E-state index is 12.5. The molecular weight excluding hydrogens is 348 g/mol. The van der Waals surface area contributed by atoms with Crippen molar-refractivity contribution >= 4 is 5.91 Å². The zero-order valence-corrected chi connectivity index (χ0v) is 16.4. The highest BCUT2D eigenvalue weighted by atomic mass is 16.1. The SMILES string of the molecule is Cc1ccc([C@@H](C)C(=O)NCCn2ncc(-c3ccncc3)c2C2CC2)cc1. The monoisotopic (exact) mass is 374 g/mol. The fourth-order valence-corrected chi connectivity index (χ4v) is 3.56. The van der Waals surface area contributed by atoms with Crippen LogP contribution in [0.1, 0.15) is 48.4 Å². The van der Waals surface area contributed by atoms with Crippen molar-refractivity contribution in [3.05, 3.63) is 71.8 Å². The van der Waals surface area contributed by atoms with E-state index in [1.54, 1.807) is 0 Å². The van der Waals surface area contributed by atoms with Crippen molar-refractivity contribution in [2.24, 2.45) is 0 Å². The van der Waals surface area contributed by atoms with Crippen LogP contribution in [0.2, 0.25) is 0 Å². The number of nitrogens with zero attached hydrogens (tertiary/aromatic N) is 3. The Balaban J connectivity index is 1.41. The lowest BCUT2D eigenvalue weighted by Gasteiger charge is -2.14. The van der Waals surface area contributed by atoms with Gasteiger partial charge in [0.15, 0.2) is 0 Å². The van der Waals surface area contributed by atoms with Gasteiger partial charge in [0.1, 0.15) is 0 Å². The Hall–Kier alpha value is -2.95. The first-order valence-corrected chi connectivity index (χ1v) is 9.94. The molecule has 1 amide bonds. The molecule has 5 nitrogen and oxygen atoms in total. The topological polar surface area (TPSA) is 59.8 Å². The molecule has 1 aliphatic carbocycles. The highest BCUT2D eigenvalue weighted by molar-refractivity contribution is 5.83. The van der Waals surface area contributed by atoms with Crippen LogP contribution < -0.4 is 5.32 Å². The predicted molar refractivity (Wildman–Crippen MR) is 110 cm³/mol. The molecule has 0 bridgehead atoms. The standard InChI is InChI=1S/C23H26N4O/c1-16-3-5-18(6-4-16)17(2)23(28)25-13-14-27-22(20-7-8-20)21(15-26-27)19-9-11-24-12-10-19/h3-6,9-12,15,17,20H,7-8,13-14H2,1-2H3,(H,25,28)/t17-/m1/s1. The average Bonchev–Trinajstić information content (AvgIpc) is 3.48. The van der Waals surface area contributed by atoms with E-state index in [2.05, 4.69) is 27.0 Å². The van der Waals surface area contributed by atoms with Gasteiger partial charge < -0.3 is 5.32 Å². The first-order chi connectivity index (χ1) is 13.6. The number of nitrogens with one attached hydrogen (secondary N) is 1. The van der Waals surface area contributed by atoms with E-state index in [1.807, 2.05) is 61.9 Å². The van der Waals surface area contributed by atoms with Crippen LogP contribution in [0.4, 0.5) is 0 Å². The molecule has 3 aromatic rings. The van der Waals surface area contributed by atoms with Crippen molar-refractivity contribution < 1.29 is 4.79 Å². The summed E-state index contributed by atoms with van der Waals surface area (Å²) < 4.78 is 2.06. The molecule has 4 rings (SSSR count). The Morgan fingerprint density at radius 1 is 1.18 bits per heavy atom. The van der Waals surface area contributed by atoms with Crippen LogP contribution in [0.5, 0.6) is 0 Å². The number of pyridine rings is 1. The summed E-state index contributed by atoms with van der Waals surface area (Å²) in [7, 11) is 0. The van der Waals surface area contributed by atoms with E-state index in [9.17, 15) is 4.79 Å². The maximum Gasteiger partial charge on any atom is 0.227 e. The molecule has 0 aliphatic heterocycles. The second kappa shape index (κ2) is 7.97. The Bertz CT molecular complexity index is 942. The molecule has 0 unspecified atom stereocenters. The van der Waals surface area contributed by atoms with Crippen molar-refractivity contribution in [1.29, 1.82) is 0 Å². The Morgan fingerprint density at radius 2 is 1.89 bits per heavy atom. The van der Waals surface area contributed by atoms with Crippen molar-refractivity contribution in [3.63, 3.8) is 0 Å². The van der Waals surface area contributed by atoms with Crippen LogP contribution in [0.25, 0.3) is 11.1 Å². The van der Waals surface area contributed by atoms with E-state index in [4.69, 9.17) is 0 Å². The lowest BCUT2D eigenvalue weighted by Crippen LogP contribution is -2.31. The van der Waals surface area contributed by atoms with Crippen molar-refractivity contribution in [2.75, 3.05) is 6.54 Å². The Morgan fingerprint density at radius 3 is 2.57 bits per heavy atom. The van der Waals surface area contributed by atoms with Crippen LogP contribution in [0.3, 0.4) is 0 Å². The van der Waals surface area contributed by atoms with Crippen LogP contribution in [-0.4, -0.2) is 27.2 Å². The van der Waals surface area contributed by atoms with E-state index >= 15 is 0 Å². The minimum Gasteiger partial charge on any atom is -0.354 e. The van der Waals surface area contributed by atoms with Gasteiger partial charge in [0.05, 0.1) is 18.7 Å². The summed E-state index contributed by atoms with van der Waals surface area (Å²) in [6.07, 6.45) is 7.99. The van der Waals surface area contributed by atoms with E-state index in [1.165, 1.54) is 29.7 Å². The van der Waals surface area contributed by atoms with Crippen LogP contribution >= 0.6 is 0 Å². The van der Waals surface area contributed by atoms with Gasteiger partial charge in [-0.3, -0.25) is 14.5 Å². The highest BCUT2D eigenvalue weighted by Crippen LogP contribution is 2.44. The van der Waals surface area contributed by atoms with Crippen molar-refractivity contribution in [1.82, 2.24) is 20.1 Å². The van der Waals surface area contributed by atoms with Gasteiger partial charge in [-0.15, -0.1) is 0 Å². The molecule has 0 radical (unpaired) electrons. The van der Waals surface area contributed by atoms with Gasteiger partial charge in [0.2, 0.25) is 5.91 Å². The number of benzene rings is 1. The summed E-state index contributed by atoms with van der Waals surface area (Å²) in [5.74, 6) is 0.472. The van der Waals surface area contributed by atoms with Gasteiger partial charge in [0.25, 0.3) is 0 Å². The molecule has 144 valence electrons. The first kappa shape index (κ1) is 18.4. The van der Waals surface area contributed by atoms with Gasteiger partial charge in [-0.1, -0.05) is 29.8 Å². The minimum absolute atomic E-state index is 0.0540. The molecule has 1 saturated carbocycles. The van der Waals surface area contributed by atoms with Crippen molar-refractivity contribution in [2.45, 2.75) is 45.1 Å². The van der Waals surface area contributed by atoms with E-state index in [0.29, 0.717) is 19.0 Å². The number of aromatic nitrogens is 3. The van der Waals surface area contributed by atoms with E-state index in [0.717, 1.165) is 11.1 Å². The molecule has 5 heteroatoms. The number of hydrogen-bond donors (Lipinski definition) is 1. The Labute approximate surface area is 165 Å². The fourth-order valence-electron chi connectivity index (χ4n) is 3.56. The van der Waals surface area contributed by atoms with E-state index in [-0.39, 0.29) is 11.8 Å². The number of hydrogen-bond acceptors (Lipinski definition) is 3. The summed E-state index contributed by atoms with van der Waals surface area (Å²) in [5.41, 5.74) is 5.87. The highest BCUT2D eigenvalue weighted by Gasteiger charge is 2.30. The summed E-state index contributed by atoms with van der Waals surface area (Å²) in [6.45, 7) is 5.26. The Kier molecular flexibility index (Phi) is 5.24. The molecule has 0 saturated heterocycles. The smallest absolute Gasteiger partial charge is 0.227 e. The zero-order chi connectivity index (χ0) is 19.5. The lowest BCUT2D eigenvalue weighted by atomic mass is 9.99. The van der Waals surface area contributed by atoms with Crippen LogP contribution in [0, 0.1) is 6.92 Å². The number of carbonyl (C=O) groups is 1. The van der Waals surface area contributed by atoms with Gasteiger partial charge in [-0.2, -0.15) is 5.10 Å². The molecule has 1 atom stereocenters. The minimum atomic E-state index is -0.159. The second-order valence-corrected chi connectivity index (χ2v) is 7.60. The molecule has 28 heavy (non-hydrogen) atoms. The summed E-state index contributed by atoms with van der Waals surface area (Å²) in [4.78, 5) is 16.6. The maximum absolute atomic E-state index is 12.5.